The Hall–Kier alpha value is -1.57. The van der Waals surface area contributed by atoms with E-state index in [2.05, 4.69) is 43.7 Å². The second-order valence-corrected chi connectivity index (χ2v) is 3.10. The van der Waals surface area contributed by atoms with E-state index in [1.165, 1.54) is 11.0 Å². The Bertz CT molecular complexity index is 336. The maximum absolute atomic E-state index is 4.25. The number of hydrogen-bond acceptors (Lipinski definition) is 1. The average Bonchev–Trinajstić information content (AvgIpc) is 2.21. The topological polar surface area (TPSA) is 12.4 Å². The van der Waals surface area contributed by atoms with Gasteiger partial charge in [-0.25, -0.2) is 0 Å². The zero-order valence-corrected chi connectivity index (χ0v) is 8.48. The van der Waals surface area contributed by atoms with Crippen molar-refractivity contribution in [3.63, 3.8) is 0 Å². The molecule has 0 saturated carbocycles. The largest absolute Gasteiger partial charge is 0.288 e. The third kappa shape index (κ3) is 3.90. The zero-order valence-electron chi connectivity index (χ0n) is 8.48. The summed E-state index contributed by atoms with van der Waals surface area (Å²) in [6.45, 7) is 4.32. The fourth-order valence-electron chi connectivity index (χ4n) is 1.04. The number of rotatable bonds is 4. The summed E-state index contributed by atoms with van der Waals surface area (Å²) < 4.78 is 0. The van der Waals surface area contributed by atoms with Gasteiger partial charge in [-0.2, -0.15) is 0 Å². The molecule has 0 aromatic heterocycles. The first-order valence-corrected chi connectivity index (χ1v) is 4.66. The normalized spacial score (nSPS) is 11.1. The Morgan fingerprint density at radius 3 is 2.57 bits per heavy atom. The van der Waals surface area contributed by atoms with Crippen LogP contribution in [0.15, 0.2) is 54.1 Å². The molecule has 0 bridgehead atoms. The molecule has 70 valence electrons. The molecule has 14 heavy (non-hydrogen) atoms. The van der Waals surface area contributed by atoms with Crippen LogP contribution < -0.4 is 5.46 Å². The predicted octanol–water partition coefficient (Wildman–Crippen LogP) is 1.26. The highest BCUT2D eigenvalue weighted by molar-refractivity contribution is 6.32. The molecule has 0 atom stereocenters. The van der Waals surface area contributed by atoms with Gasteiger partial charge in [0.15, 0.2) is 0 Å². The van der Waals surface area contributed by atoms with E-state index in [1.807, 2.05) is 12.2 Å². The molecular weight excluding hydrogens is 169 g/mol. The predicted molar refractivity (Wildman–Crippen MR) is 66.2 cm³/mol. The van der Waals surface area contributed by atoms with Crippen LogP contribution >= 0.6 is 0 Å². The molecule has 0 aliphatic carbocycles. The molecule has 1 aromatic carbocycles. The zero-order chi connectivity index (χ0) is 10.2. The molecule has 0 heterocycles. The molecule has 0 radical (unpaired) electrons. The number of benzene rings is 1. The van der Waals surface area contributed by atoms with Gasteiger partial charge in [0, 0.05) is 6.21 Å². The van der Waals surface area contributed by atoms with Gasteiger partial charge in [-0.05, 0) is 11.6 Å². The van der Waals surface area contributed by atoms with Crippen molar-refractivity contribution in [2.75, 3.05) is 0 Å². The minimum absolute atomic E-state index is 0.738. The molecule has 1 nitrogen and oxygen atoms in total. The first-order chi connectivity index (χ1) is 6.83. The van der Waals surface area contributed by atoms with Crippen LogP contribution in [0.3, 0.4) is 0 Å². The van der Waals surface area contributed by atoms with Gasteiger partial charge in [-0.15, -0.1) is 0 Å². The molecule has 0 saturated heterocycles. The highest BCUT2D eigenvalue weighted by atomic mass is 14.7. The Morgan fingerprint density at radius 2 is 1.93 bits per heavy atom. The Morgan fingerprint density at radius 1 is 1.21 bits per heavy atom. The van der Waals surface area contributed by atoms with Crippen LogP contribution in [0.1, 0.15) is 5.56 Å². The molecular formula is C12H14BN. The molecule has 0 aliphatic heterocycles. The van der Waals surface area contributed by atoms with Crippen molar-refractivity contribution in [3.8, 4) is 0 Å². The lowest BCUT2D eigenvalue weighted by atomic mass is 9.95. The van der Waals surface area contributed by atoms with Crippen LogP contribution in [-0.2, 0) is 6.54 Å². The smallest absolute Gasteiger partial charge is 0.139 e. The molecule has 0 aliphatic rings. The van der Waals surface area contributed by atoms with E-state index in [0.717, 1.165) is 6.54 Å². The maximum Gasteiger partial charge on any atom is 0.139 e. The van der Waals surface area contributed by atoms with Crippen LogP contribution in [0.5, 0.6) is 0 Å². The monoisotopic (exact) mass is 183 g/mol. The third-order valence-electron chi connectivity index (χ3n) is 1.83. The van der Waals surface area contributed by atoms with E-state index in [9.17, 15) is 0 Å². The van der Waals surface area contributed by atoms with Gasteiger partial charge in [0.1, 0.15) is 7.85 Å². The standard InChI is InChI=1S/C12H14BN/c1-2-3-4-9-14-10-11-5-7-12(13)8-6-11/h2-9H,1,10,13H2/b4-3-,14-9-. The Balaban J connectivity index is 2.45. The summed E-state index contributed by atoms with van der Waals surface area (Å²) in [7, 11) is 2.08. The van der Waals surface area contributed by atoms with Gasteiger partial charge < -0.3 is 0 Å². The van der Waals surface area contributed by atoms with Crippen LogP contribution in [-0.4, -0.2) is 14.1 Å². The van der Waals surface area contributed by atoms with Crippen LogP contribution in [0.4, 0.5) is 0 Å². The van der Waals surface area contributed by atoms with Crippen molar-refractivity contribution >= 4 is 19.5 Å². The molecule has 2 heteroatoms. The number of hydrogen-bond donors (Lipinski definition) is 0. The Labute approximate surface area is 86.3 Å². The van der Waals surface area contributed by atoms with E-state index < -0.39 is 0 Å². The molecule has 0 spiro atoms. The maximum atomic E-state index is 4.25. The summed E-state index contributed by atoms with van der Waals surface area (Å²) in [6.07, 6.45) is 7.26. The molecule has 0 unspecified atom stereocenters. The third-order valence-corrected chi connectivity index (χ3v) is 1.83. The van der Waals surface area contributed by atoms with Gasteiger partial charge in [0.2, 0.25) is 0 Å². The molecule has 0 amide bonds. The summed E-state index contributed by atoms with van der Waals surface area (Å²) in [4.78, 5) is 4.25. The van der Waals surface area contributed by atoms with Gasteiger partial charge in [0.25, 0.3) is 0 Å². The summed E-state index contributed by atoms with van der Waals surface area (Å²) >= 11 is 0. The summed E-state index contributed by atoms with van der Waals surface area (Å²) in [6, 6.07) is 8.41. The lowest BCUT2D eigenvalue weighted by Crippen LogP contribution is -2.00. The Kier molecular flexibility index (Phi) is 4.49. The van der Waals surface area contributed by atoms with Crippen LogP contribution in [0, 0.1) is 0 Å². The van der Waals surface area contributed by atoms with E-state index in [-0.39, 0.29) is 0 Å². The quantitative estimate of drug-likeness (QED) is 0.378. The van der Waals surface area contributed by atoms with E-state index in [4.69, 9.17) is 0 Å². The highest BCUT2D eigenvalue weighted by Crippen LogP contribution is 1.97. The van der Waals surface area contributed by atoms with Crippen LogP contribution in [0.25, 0.3) is 0 Å². The molecule has 0 N–H and O–H groups in total. The fourth-order valence-corrected chi connectivity index (χ4v) is 1.04. The van der Waals surface area contributed by atoms with E-state index in [1.54, 1.807) is 12.3 Å². The van der Waals surface area contributed by atoms with Gasteiger partial charge in [-0.1, -0.05) is 48.5 Å². The molecule has 1 rings (SSSR count). The van der Waals surface area contributed by atoms with Gasteiger partial charge in [0.05, 0.1) is 6.54 Å². The van der Waals surface area contributed by atoms with E-state index >= 15 is 0 Å². The van der Waals surface area contributed by atoms with Crippen molar-refractivity contribution in [3.05, 3.63) is 54.6 Å². The second-order valence-electron chi connectivity index (χ2n) is 3.10. The molecule has 1 aromatic rings. The number of aliphatic imine (C=N–C) groups is 1. The van der Waals surface area contributed by atoms with Gasteiger partial charge >= 0.3 is 0 Å². The van der Waals surface area contributed by atoms with Crippen molar-refractivity contribution < 1.29 is 0 Å². The lowest BCUT2D eigenvalue weighted by molar-refractivity contribution is 1.08. The average molecular weight is 183 g/mol. The lowest BCUT2D eigenvalue weighted by Gasteiger charge is -1.96. The first-order valence-electron chi connectivity index (χ1n) is 4.66. The molecule has 0 fully saturated rings. The van der Waals surface area contributed by atoms with Crippen LogP contribution in [0.2, 0.25) is 0 Å². The van der Waals surface area contributed by atoms with Gasteiger partial charge in [-0.3, -0.25) is 4.99 Å². The van der Waals surface area contributed by atoms with Crippen molar-refractivity contribution in [1.82, 2.24) is 0 Å². The van der Waals surface area contributed by atoms with Crippen molar-refractivity contribution in [2.24, 2.45) is 4.99 Å². The minimum atomic E-state index is 0.738. The SMILES string of the molecule is Bc1ccc(C/N=C\C=C/C=C)cc1. The van der Waals surface area contributed by atoms with Crippen molar-refractivity contribution in [1.29, 1.82) is 0 Å². The second kappa shape index (κ2) is 5.98. The first kappa shape index (κ1) is 10.5. The minimum Gasteiger partial charge on any atom is -0.288 e. The van der Waals surface area contributed by atoms with E-state index in [0.29, 0.717) is 0 Å². The number of nitrogens with zero attached hydrogens (tertiary/aromatic N) is 1. The summed E-state index contributed by atoms with van der Waals surface area (Å²) in [5, 5.41) is 0. The summed E-state index contributed by atoms with van der Waals surface area (Å²) in [5.74, 6) is 0. The fraction of sp³-hybridized carbons (Fsp3) is 0.0833. The van der Waals surface area contributed by atoms with Crippen molar-refractivity contribution in [2.45, 2.75) is 6.54 Å². The number of allylic oxidation sites excluding steroid dienone is 3. The highest BCUT2D eigenvalue weighted by Gasteiger charge is 1.87. The summed E-state index contributed by atoms with van der Waals surface area (Å²) in [5.41, 5.74) is 2.52.